The van der Waals surface area contributed by atoms with Gasteiger partial charge in [0.1, 0.15) is 11.5 Å². The van der Waals surface area contributed by atoms with Crippen LogP contribution in [0.15, 0.2) is 133 Å². The molecule has 6 aromatic carbocycles. The van der Waals surface area contributed by atoms with Crippen LogP contribution in [0.3, 0.4) is 0 Å². The average Bonchev–Trinajstić information content (AvgIpc) is 2.99. The van der Waals surface area contributed by atoms with Crippen LogP contribution in [-0.4, -0.2) is 12.2 Å². The second-order valence-electron chi connectivity index (χ2n) is 9.55. The van der Waals surface area contributed by atoms with Crippen molar-refractivity contribution < 1.29 is 19.1 Å². The monoisotopic (exact) mass is 538 g/mol. The molecule has 0 atom stereocenters. The van der Waals surface area contributed by atoms with Crippen molar-refractivity contribution in [2.75, 3.05) is 10.6 Å². The fraction of sp³-hybridized carbons (Fsp3) is 0.0286. The van der Waals surface area contributed by atoms with E-state index in [9.17, 15) is 9.59 Å². The molecule has 0 radical (unpaired) electrons. The van der Waals surface area contributed by atoms with Gasteiger partial charge in [0.15, 0.2) is 0 Å². The van der Waals surface area contributed by atoms with E-state index in [-0.39, 0.29) is 0 Å². The van der Waals surface area contributed by atoms with E-state index in [0.29, 0.717) is 29.3 Å². The Kier molecular flexibility index (Phi) is 7.28. The third-order valence-corrected chi connectivity index (χ3v) is 6.71. The van der Waals surface area contributed by atoms with E-state index in [1.807, 2.05) is 121 Å². The minimum Gasteiger partial charge on any atom is -0.409 e. The molecule has 6 aromatic rings. The maximum atomic E-state index is 12.5. The molecule has 41 heavy (non-hydrogen) atoms. The first-order valence-electron chi connectivity index (χ1n) is 13.2. The molecule has 0 spiro atoms. The predicted octanol–water partition coefficient (Wildman–Crippen LogP) is 8.81. The lowest BCUT2D eigenvalue weighted by Gasteiger charge is -2.10. The molecular weight excluding hydrogens is 512 g/mol. The minimum absolute atomic E-state index is 0.511. The summed E-state index contributed by atoms with van der Waals surface area (Å²) >= 11 is 0. The quantitative estimate of drug-likeness (QED) is 0.222. The van der Waals surface area contributed by atoms with E-state index in [0.717, 1.165) is 32.7 Å². The van der Waals surface area contributed by atoms with Crippen molar-refractivity contribution in [1.29, 1.82) is 0 Å². The average molecular weight is 539 g/mol. The molecule has 0 heterocycles. The summed E-state index contributed by atoms with van der Waals surface area (Å²) in [5, 5.41) is 9.34. The molecule has 6 nitrogen and oxygen atoms in total. The molecule has 2 N–H and O–H groups in total. The van der Waals surface area contributed by atoms with Crippen molar-refractivity contribution in [2.24, 2.45) is 0 Å². The van der Waals surface area contributed by atoms with Crippen molar-refractivity contribution in [3.05, 3.63) is 145 Å². The van der Waals surface area contributed by atoms with Crippen LogP contribution < -0.4 is 20.1 Å². The number of carbonyl (C=O) groups excluding carboxylic acids is 2. The molecule has 200 valence electrons. The number of anilines is 2. The first-order valence-corrected chi connectivity index (χ1v) is 13.2. The summed E-state index contributed by atoms with van der Waals surface area (Å²) in [6, 6.07) is 42.0. The van der Waals surface area contributed by atoms with E-state index < -0.39 is 12.2 Å². The summed E-state index contributed by atoms with van der Waals surface area (Å²) in [4.78, 5) is 25.0. The molecule has 0 aliphatic carbocycles. The second-order valence-corrected chi connectivity index (χ2v) is 9.55. The zero-order valence-electron chi connectivity index (χ0n) is 22.0. The lowest BCUT2D eigenvalue weighted by atomic mass is 10.0. The van der Waals surface area contributed by atoms with Crippen molar-refractivity contribution >= 4 is 45.1 Å². The summed E-state index contributed by atoms with van der Waals surface area (Å²) < 4.78 is 11.1. The van der Waals surface area contributed by atoms with Gasteiger partial charge in [-0.3, -0.25) is 10.6 Å². The Balaban J connectivity index is 1.02. The maximum Gasteiger partial charge on any atom is 0.417 e. The SMILES string of the molecule is O=C(Nc1ccc(Cc2ccc(NC(=O)Oc3cccc4ccccc34)cc2)cc1)Oc1cccc2ccccc12. The minimum atomic E-state index is -0.545. The second kappa shape index (κ2) is 11.6. The van der Waals surface area contributed by atoms with Gasteiger partial charge in [-0.1, -0.05) is 97.1 Å². The number of rotatable bonds is 6. The molecule has 6 heteroatoms. The Morgan fingerprint density at radius 2 is 0.854 bits per heavy atom. The number of amides is 2. The van der Waals surface area contributed by atoms with E-state index >= 15 is 0 Å². The maximum absolute atomic E-state index is 12.5. The fourth-order valence-corrected chi connectivity index (χ4v) is 4.70. The molecule has 0 bridgehead atoms. The number of hydrogen-bond donors (Lipinski definition) is 2. The van der Waals surface area contributed by atoms with Crippen molar-refractivity contribution in [2.45, 2.75) is 6.42 Å². The first-order chi connectivity index (χ1) is 20.1. The molecular formula is C35H26N2O4. The van der Waals surface area contributed by atoms with Crippen LogP contribution in [0.2, 0.25) is 0 Å². The topological polar surface area (TPSA) is 76.7 Å². The van der Waals surface area contributed by atoms with Crippen LogP contribution in [0.25, 0.3) is 21.5 Å². The summed E-state index contributed by atoms with van der Waals surface area (Å²) in [5.74, 6) is 1.02. The smallest absolute Gasteiger partial charge is 0.409 e. The Morgan fingerprint density at radius 1 is 0.463 bits per heavy atom. The van der Waals surface area contributed by atoms with E-state index in [4.69, 9.17) is 9.47 Å². The lowest BCUT2D eigenvalue weighted by Crippen LogP contribution is -2.17. The highest BCUT2D eigenvalue weighted by molar-refractivity contribution is 5.94. The highest BCUT2D eigenvalue weighted by atomic mass is 16.6. The van der Waals surface area contributed by atoms with Gasteiger partial charge in [0, 0.05) is 22.1 Å². The van der Waals surface area contributed by atoms with Crippen LogP contribution in [0.1, 0.15) is 11.1 Å². The summed E-state index contributed by atoms with van der Waals surface area (Å²) in [6.07, 6.45) is -0.395. The van der Waals surface area contributed by atoms with Gasteiger partial charge in [-0.15, -0.1) is 0 Å². The molecule has 0 aliphatic heterocycles. The van der Waals surface area contributed by atoms with Crippen LogP contribution in [0, 0.1) is 0 Å². The Hall–Kier alpha value is -5.62. The molecule has 2 amide bonds. The molecule has 0 fully saturated rings. The van der Waals surface area contributed by atoms with Gasteiger partial charge in [0.2, 0.25) is 0 Å². The van der Waals surface area contributed by atoms with Crippen molar-refractivity contribution in [3.63, 3.8) is 0 Å². The number of nitrogens with one attached hydrogen (secondary N) is 2. The van der Waals surface area contributed by atoms with Crippen molar-refractivity contribution in [3.8, 4) is 11.5 Å². The summed E-state index contributed by atoms with van der Waals surface area (Å²) in [5.41, 5.74) is 3.44. The van der Waals surface area contributed by atoms with E-state index in [2.05, 4.69) is 10.6 Å². The van der Waals surface area contributed by atoms with Gasteiger partial charge in [0.05, 0.1) is 0 Å². The van der Waals surface area contributed by atoms with Gasteiger partial charge in [-0.25, -0.2) is 9.59 Å². The molecule has 0 aromatic heterocycles. The van der Waals surface area contributed by atoms with Gasteiger partial charge >= 0.3 is 12.2 Å². The Morgan fingerprint density at radius 3 is 1.29 bits per heavy atom. The molecule has 0 saturated carbocycles. The number of fused-ring (bicyclic) bond motifs is 2. The number of hydrogen-bond acceptors (Lipinski definition) is 4. The van der Waals surface area contributed by atoms with Gasteiger partial charge < -0.3 is 9.47 Å². The number of ether oxygens (including phenoxy) is 2. The number of carbonyl (C=O) groups is 2. The summed E-state index contributed by atoms with van der Waals surface area (Å²) in [7, 11) is 0. The van der Waals surface area contributed by atoms with E-state index in [1.54, 1.807) is 12.1 Å². The third-order valence-electron chi connectivity index (χ3n) is 6.71. The molecule has 6 rings (SSSR count). The third kappa shape index (κ3) is 6.18. The summed E-state index contributed by atoms with van der Waals surface area (Å²) in [6.45, 7) is 0. The van der Waals surface area contributed by atoms with E-state index in [1.165, 1.54) is 0 Å². The van der Waals surface area contributed by atoms with Crippen LogP contribution in [0.4, 0.5) is 21.0 Å². The first kappa shape index (κ1) is 25.6. The zero-order chi connectivity index (χ0) is 28.0. The Bertz CT molecular complexity index is 1700. The normalized spacial score (nSPS) is 10.7. The van der Waals surface area contributed by atoms with Gasteiger partial charge in [0.25, 0.3) is 0 Å². The Labute approximate surface area is 237 Å². The highest BCUT2D eigenvalue weighted by Gasteiger charge is 2.10. The predicted molar refractivity (Wildman–Crippen MR) is 163 cm³/mol. The van der Waals surface area contributed by atoms with Crippen molar-refractivity contribution in [1.82, 2.24) is 0 Å². The zero-order valence-corrected chi connectivity index (χ0v) is 22.0. The standard InChI is InChI=1S/C35H26N2O4/c38-34(40-32-13-5-9-26-7-1-3-11-30(26)32)36-28-19-15-24(16-20-28)23-25-17-21-29(22-18-25)37-35(39)41-33-14-6-10-27-8-2-4-12-31(27)33/h1-22H,23H2,(H,36,38)(H,37,39). The van der Waals surface area contributed by atoms with Gasteiger partial charge in [-0.05, 0) is 64.7 Å². The van der Waals surface area contributed by atoms with Gasteiger partial charge in [-0.2, -0.15) is 0 Å². The lowest BCUT2D eigenvalue weighted by molar-refractivity contribution is 0.214. The number of benzene rings is 6. The van der Waals surface area contributed by atoms with Crippen LogP contribution >= 0.6 is 0 Å². The molecule has 0 saturated heterocycles. The van der Waals surface area contributed by atoms with Crippen LogP contribution in [0.5, 0.6) is 11.5 Å². The highest BCUT2D eigenvalue weighted by Crippen LogP contribution is 2.27. The molecule has 0 unspecified atom stereocenters. The largest absolute Gasteiger partial charge is 0.417 e. The van der Waals surface area contributed by atoms with Crippen LogP contribution in [-0.2, 0) is 6.42 Å². The fourth-order valence-electron chi connectivity index (χ4n) is 4.70. The molecule has 0 aliphatic rings.